The first-order valence-corrected chi connectivity index (χ1v) is 32.4. The van der Waals surface area contributed by atoms with Gasteiger partial charge in [-0.15, -0.1) is 0 Å². The topological polar surface area (TPSA) is 313 Å². The summed E-state index contributed by atoms with van der Waals surface area (Å²) >= 11 is 0. The predicted octanol–water partition coefficient (Wildman–Crippen LogP) is 10.7. The number of rotatable bonds is 15. The lowest BCUT2D eigenvalue weighted by Crippen LogP contribution is -2.62. The standard InChI is InChI=1S/C28H29N7O4.C27H31N7O2.C17H14N6O/c1-34-25(36)16-39-17-28(34)7-11-35(12-8-28)26(37)24-14-18-13-19(3-4-21(18)32-24)31-27-30-10-6-22(33-27)23-15-20(38-2)5-9-29-23;1-18(2)33-11-4-12-34(14-13-33)26(35)25-16-19-15-20(5-6-22(19)31-25)30-27-29-10-8-23(32-27)24-17-21(36-3)7-9-28-24;1-24-13-4-6-18-16(9-13)15-5-7-19-17(22-15)21-12-2-3-14-11(8-12)10-20-23-14/h3-6,9-10,13-15,32H,7-8,11-12,16-17H2,1-2H3,(H,30,31,33);5-10,15-18,31H,4,11-14H2,1-3H3,(H,29,30,32);2-10H,1H3,(H,20,23)(H,19,21,22). The maximum atomic E-state index is 13.3. The summed E-state index contributed by atoms with van der Waals surface area (Å²) in [7, 11) is 6.69. The number of carbonyl (C=O) groups is 3. The molecule has 3 aliphatic heterocycles. The molecule has 27 nitrogen and oxygen atoms in total. The molecule has 6 N–H and O–H groups in total. The van der Waals surface area contributed by atoms with Gasteiger partial charge in [0.2, 0.25) is 23.8 Å². The molecule has 0 aliphatic carbocycles. The summed E-state index contributed by atoms with van der Waals surface area (Å²) in [6.45, 7) is 9.65. The average molecular weight is 1330 g/mol. The lowest BCUT2D eigenvalue weighted by molar-refractivity contribution is -0.158. The van der Waals surface area contributed by atoms with E-state index in [1.807, 2.05) is 119 Å². The molecule has 27 heteroatoms. The third-order valence-electron chi connectivity index (χ3n) is 17.8. The number of carbonyl (C=O) groups excluding carboxylic acids is 3. The molecular formula is C72H74N20O7. The fourth-order valence-corrected chi connectivity index (χ4v) is 12.2. The maximum Gasteiger partial charge on any atom is 0.270 e. The fourth-order valence-electron chi connectivity index (χ4n) is 12.2. The summed E-state index contributed by atoms with van der Waals surface area (Å²) < 4.78 is 21.3. The Labute approximate surface area is 569 Å². The zero-order valence-corrected chi connectivity index (χ0v) is 55.6. The molecule has 99 heavy (non-hydrogen) atoms. The number of fused-ring (bicyclic) bond motifs is 3. The molecule has 0 saturated carbocycles. The Morgan fingerprint density at radius 3 is 1.41 bits per heavy atom. The minimum Gasteiger partial charge on any atom is -0.497 e. The second-order valence-electron chi connectivity index (χ2n) is 24.3. The average Bonchev–Trinajstić information content (AvgIpc) is 1.58. The molecule has 3 amide bonds. The molecule has 15 rings (SSSR count). The molecular weight excluding hydrogens is 1260 g/mol. The number of benzene rings is 3. The largest absolute Gasteiger partial charge is 0.497 e. The maximum absolute atomic E-state index is 13.3. The number of pyridine rings is 3. The van der Waals surface area contributed by atoms with Gasteiger partial charge in [-0.2, -0.15) is 5.10 Å². The van der Waals surface area contributed by atoms with Crippen molar-refractivity contribution in [3.63, 3.8) is 0 Å². The van der Waals surface area contributed by atoms with E-state index in [4.69, 9.17) is 18.9 Å². The van der Waals surface area contributed by atoms with Crippen molar-refractivity contribution in [2.45, 2.75) is 44.7 Å². The number of ether oxygens (including phenoxy) is 4. The van der Waals surface area contributed by atoms with Gasteiger partial charge in [0.05, 0.1) is 79.4 Å². The summed E-state index contributed by atoms with van der Waals surface area (Å²) in [6, 6.07) is 38.1. The number of aromatic amines is 3. The number of likely N-dealkylation sites (N-methyl/N-ethyl adjacent to an activating group) is 1. The van der Waals surface area contributed by atoms with Gasteiger partial charge in [-0.3, -0.25) is 39.3 Å². The Hall–Kier alpha value is -12.0. The summed E-state index contributed by atoms with van der Waals surface area (Å²) in [5.74, 6) is 3.54. The lowest BCUT2D eigenvalue weighted by Gasteiger charge is -2.49. The van der Waals surface area contributed by atoms with Gasteiger partial charge in [-0.1, -0.05) is 0 Å². The molecule has 3 fully saturated rings. The minimum absolute atomic E-state index is 0.00449. The van der Waals surface area contributed by atoms with Crippen LogP contribution in [-0.4, -0.2) is 195 Å². The third kappa shape index (κ3) is 15.3. The van der Waals surface area contributed by atoms with Crippen LogP contribution in [0.2, 0.25) is 0 Å². The van der Waals surface area contributed by atoms with Crippen molar-refractivity contribution in [2.75, 3.05) is 96.8 Å². The van der Waals surface area contributed by atoms with E-state index in [0.29, 0.717) is 102 Å². The number of morpholine rings is 1. The Morgan fingerprint density at radius 1 is 0.505 bits per heavy atom. The Morgan fingerprint density at radius 2 is 0.949 bits per heavy atom. The number of aromatic nitrogens is 13. The molecule has 0 bridgehead atoms. The summed E-state index contributed by atoms with van der Waals surface area (Å²) in [5, 5.41) is 19.5. The first-order chi connectivity index (χ1) is 48.2. The van der Waals surface area contributed by atoms with Crippen molar-refractivity contribution >= 4 is 85.3 Å². The van der Waals surface area contributed by atoms with Crippen molar-refractivity contribution < 1.29 is 33.3 Å². The van der Waals surface area contributed by atoms with Crippen LogP contribution in [0.1, 0.15) is 54.1 Å². The van der Waals surface area contributed by atoms with E-state index in [0.717, 1.165) is 99.5 Å². The molecule has 0 atom stereocenters. The van der Waals surface area contributed by atoms with Crippen LogP contribution in [0, 0.1) is 0 Å². The molecule has 3 saturated heterocycles. The van der Waals surface area contributed by atoms with Crippen molar-refractivity contribution in [1.29, 1.82) is 0 Å². The van der Waals surface area contributed by atoms with E-state index in [2.05, 4.69) is 99.7 Å². The number of likely N-dealkylation sites (tertiary alicyclic amines) is 1. The van der Waals surface area contributed by atoms with E-state index in [9.17, 15) is 14.4 Å². The molecule has 9 aromatic heterocycles. The van der Waals surface area contributed by atoms with Crippen LogP contribution in [0.4, 0.5) is 34.9 Å². The molecule has 0 unspecified atom stereocenters. The Bertz CT molecular complexity index is 4860. The molecule has 1 spiro atoms. The van der Waals surface area contributed by atoms with Crippen LogP contribution >= 0.6 is 0 Å². The van der Waals surface area contributed by atoms with Crippen molar-refractivity contribution in [3.8, 4) is 51.4 Å². The molecule has 12 heterocycles. The van der Waals surface area contributed by atoms with Crippen molar-refractivity contribution in [2.24, 2.45) is 0 Å². The second-order valence-corrected chi connectivity index (χ2v) is 24.3. The number of nitrogens with one attached hydrogen (secondary N) is 6. The summed E-state index contributed by atoms with van der Waals surface area (Å²) in [5.41, 5.74) is 10.3. The van der Waals surface area contributed by atoms with Crippen LogP contribution in [0.3, 0.4) is 0 Å². The number of anilines is 6. The highest BCUT2D eigenvalue weighted by Gasteiger charge is 2.44. The van der Waals surface area contributed by atoms with Gasteiger partial charge in [0.15, 0.2) is 0 Å². The van der Waals surface area contributed by atoms with Crippen LogP contribution in [0.15, 0.2) is 165 Å². The number of H-pyrrole nitrogens is 3. The van der Waals surface area contributed by atoms with E-state index >= 15 is 0 Å². The van der Waals surface area contributed by atoms with Crippen LogP contribution in [0.5, 0.6) is 17.2 Å². The fraction of sp³-hybridized carbons (Fsp3) is 0.264. The molecule has 0 radical (unpaired) electrons. The molecule has 504 valence electrons. The number of hydrogen-bond acceptors (Lipinski definition) is 21. The molecule has 3 aliphatic rings. The zero-order valence-electron chi connectivity index (χ0n) is 55.6. The number of piperidine rings is 1. The van der Waals surface area contributed by atoms with E-state index in [-0.39, 0.29) is 29.9 Å². The molecule has 3 aromatic carbocycles. The highest BCUT2D eigenvalue weighted by Crippen LogP contribution is 2.34. The van der Waals surface area contributed by atoms with Gasteiger partial charge in [0.1, 0.15) is 35.2 Å². The summed E-state index contributed by atoms with van der Waals surface area (Å²) in [4.78, 5) is 93.0. The first kappa shape index (κ1) is 65.7. The SMILES string of the molecule is COc1ccnc(-c2ccnc(Nc3ccc4[nH]c(C(=O)N5CCC6(CC5)COCC(=O)N6C)cc4c3)n2)c1.COc1ccnc(-c2ccnc(Nc3ccc4[nH]c(C(=O)N5CCCN(C(C)C)CC5)cc4c3)n2)c1.COc1ccnc(-c2ccnc(Nc3ccc4[nH]ncc4c3)n2)c1. The van der Waals surface area contributed by atoms with Gasteiger partial charge in [0.25, 0.3) is 11.8 Å². The van der Waals surface area contributed by atoms with Gasteiger partial charge >= 0.3 is 0 Å². The minimum atomic E-state index is -0.324. The summed E-state index contributed by atoms with van der Waals surface area (Å²) in [6.07, 6.45) is 14.3. The number of nitrogens with zero attached hydrogens (tertiary/aromatic N) is 14. The number of methoxy groups -OCH3 is 3. The van der Waals surface area contributed by atoms with Gasteiger partial charge < -0.3 is 59.6 Å². The highest BCUT2D eigenvalue weighted by molar-refractivity contribution is 6.00. The number of hydrogen-bond donors (Lipinski definition) is 6. The zero-order chi connectivity index (χ0) is 68.4. The van der Waals surface area contributed by atoms with Gasteiger partial charge in [0, 0.05) is 152 Å². The monoisotopic (exact) mass is 1330 g/mol. The Kier molecular flexibility index (Phi) is 19.6. The van der Waals surface area contributed by atoms with Crippen LogP contribution in [0.25, 0.3) is 66.9 Å². The van der Waals surface area contributed by atoms with Crippen molar-refractivity contribution in [1.82, 2.24) is 84.6 Å². The van der Waals surface area contributed by atoms with E-state index in [1.165, 1.54) is 0 Å². The van der Waals surface area contributed by atoms with Crippen LogP contribution in [-0.2, 0) is 9.53 Å². The van der Waals surface area contributed by atoms with Gasteiger partial charge in [-0.25, -0.2) is 29.9 Å². The second kappa shape index (κ2) is 29.6. The van der Waals surface area contributed by atoms with E-state index < -0.39 is 0 Å². The normalized spacial score (nSPS) is 14.7. The van der Waals surface area contributed by atoms with Crippen LogP contribution < -0.4 is 30.2 Å². The Balaban J connectivity index is 0.000000137. The smallest absolute Gasteiger partial charge is 0.270 e. The highest BCUT2D eigenvalue weighted by atomic mass is 16.5. The predicted molar refractivity (Wildman–Crippen MR) is 377 cm³/mol. The van der Waals surface area contributed by atoms with Gasteiger partial charge in [-0.05, 0) is 136 Å². The number of amides is 3. The first-order valence-electron chi connectivity index (χ1n) is 32.4. The van der Waals surface area contributed by atoms with E-state index in [1.54, 1.807) is 89.0 Å². The molecule has 12 aromatic rings. The quantitative estimate of drug-likeness (QED) is 0.0555. The lowest BCUT2D eigenvalue weighted by atomic mass is 9.85. The van der Waals surface area contributed by atoms with Crippen molar-refractivity contribution in [3.05, 3.63) is 176 Å². The third-order valence-corrected chi connectivity index (χ3v) is 17.8.